The molecule has 3 rings (SSSR count). The van der Waals surface area contributed by atoms with E-state index in [0.717, 1.165) is 19.4 Å². The molecule has 1 saturated carbocycles. The normalized spacial score (nSPS) is 19.7. The number of hydrogen-bond acceptors (Lipinski definition) is 3. The van der Waals surface area contributed by atoms with E-state index in [9.17, 15) is 13.2 Å². The Morgan fingerprint density at radius 2 is 1.69 bits per heavy atom. The second kappa shape index (κ2) is 7.69. The minimum atomic E-state index is -3.47. The van der Waals surface area contributed by atoms with Crippen LogP contribution in [0.5, 0.6) is 0 Å². The van der Waals surface area contributed by atoms with Crippen LogP contribution in [-0.2, 0) is 10.0 Å². The number of sulfonamides is 1. The molecule has 144 valence electrons. The lowest BCUT2D eigenvalue weighted by atomic mass is 10.0. The molecule has 1 aromatic carbocycles. The summed E-state index contributed by atoms with van der Waals surface area (Å²) in [5.74, 6) is 1.19. The molecular weight excluding hydrogens is 348 g/mol. The van der Waals surface area contributed by atoms with E-state index in [1.165, 1.54) is 12.8 Å². The summed E-state index contributed by atoms with van der Waals surface area (Å²) >= 11 is 0. The first kappa shape index (κ1) is 19.4. The van der Waals surface area contributed by atoms with Crippen LogP contribution in [0.2, 0.25) is 0 Å². The zero-order chi connectivity index (χ0) is 18.9. The van der Waals surface area contributed by atoms with Crippen LogP contribution in [0.25, 0.3) is 0 Å². The van der Waals surface area contributed by atoms with E-state index in [4.69, 9.17) is 0 Å². The first-order chi connectivity index (χ1) is 12.3. The van der Waals surface area contributed by atoms with Gasteiger partial charge in [0.2, 0.25) is 10.0 Å². The molecular formula is C20H30N2O3S. The molecule has 26 heavy (non-hydrogen) atoms. The van der Waals surface area contributed by atoms with E-state index in [1.807, 2.05) is 18.7 Å². The Labute approximate surface area is 157 Å². The molecule has 0 bridgehead atoms. The summed E-state index contributed by atoms with van der Waals surface area (Å²) in [6.07, 6.45) is 4.20. The van der Waals surface area contributed by atoms with Gasteiger partial charge in [0.1, 0.15) is 0 Å². The lowest BCUT2D eigenvalue weighted by molar-refractivity contribution is 0.0696. The summed E-state index contributed by atoms with van der Waals surface area (Å²) in [4.78, 5) is 15.0. The van der Waals surface area contributed by atoms with Crippen LogP contribution in [0.3, 0.4) is 0 Å². The Morgan fingerprint density at radius 1 is 1.12 bits per heavy atom. The van der Waals surface area contributed by atoms with Gasteiger partial charge in [-0.15, -0.1) is 0 Å². The highest BCUT2D eigenvalue weighted by Gasteiger charge is 2.30. The van der Waals surface area contributed by atoms with Gasteiger partial charge in [-0.3, -0.25) is 4.79 Å². The Bertz CT molecular complexity index is 731. The van der Waals surface area contributed by atoms with Gasteiger partial charge in [-0.05, 0) is 75.6 Å². The monoisotopic (exact) mass is 378 g/mol. The predicted molar refractivity (Wildman–Crippen MR) is 102 cm³/mol. The molecule has 5 nitrogen and oxygen atoms in total. The van der Waals surface area contributed by atoms with E-state index in [2.05, 4.69) is 6.92 Å². The Morgan fingerprint density at radius 3 is 2.19 bits per heavy atom. The van der Waals surface area contributed by atoms with E-state index >= 15 is 0 Å². The molecule has 0 aromatic heterocycles. The Hall–Kier alpha value is -1.40. The minimum absolute atomic E-state index is 0.0114. The second-order valence-electron chi connectivity index (χ2n) is 8.11. The van der Waals surface area contributed by atoms with Gasteiger partial charge in [-0.25, -0.2) is 8.42 Å². The molecule has 0 spiro atoms. The van der Waals surface area contributed by atoms with Crippen molar-refractivity contribution in [1.82, 2.24) is 9.21 Å². The van der Waals surface area contributed by atoms with E-state index in [1.54, 1.807) is 28.6 Å². The van der Waals surface area contributed by atoms with E-state index in [0.29, 0.717) is 30.5 Å². The zero-order valence-corrected chi connectivity index (χ0v) is 16.8. The highest BCUT2D eigenvalue weighted by Crippen LogP contribution is 2.31. The van der Waals surface area contributed by atoms with Gasteiger partial charge < -0.3 is 4.90 Å². The van der Waals surface area contributed by atoms with Crippen molar-refractivity contribution in [3.8, 4) is 0 Å². The average molecular weight is 379 g/mol. The van der Waals surface area contributed by atoms with Crippen molar-refractivity contribution in [2.45, 2.75) is 57.4 Å². The van der Waals surface area contributed by atoms with Gasteiger partial charge in [-0.2, -0.15) is 4.31 Å². The van der Waals surface area contributed by atoms with Crippen molar-refractivity contribution in [3.63, 3.8) is 0 Å². The predicted octanol–water partition coefficient (Wildman–Crippen LogP) is 3.37. The lowest BCUT2D eigenvalue weighted by Gasteiger charge is -2.29. The smallest absolute Gasteiger partial charge is 0.254 e. The number of benzene rings is 1. The number of nitrogens with zero attached hydrogens (tertiary/aromatic N) is 2. The third kappa shape index (κ3) is 4.29. The van der Waals surface area contributed by atoms with Crippen LogP contribution < -0.4 is 0 Å². The molecule has 1 amide bonds. The summed E-state index contributed by atoms with van der Waals surface area (Å²) in [6, 6.07) is 6.61. The maximum atomic E-state index is 12.8. The van der Waals surface area contributed by atoms with Crippen molar-refractivity contribution in [2.24, 2.45) is 11.8 Å². The number of piperidine rings is 1. The Kier molecular flexibility index (Phi) is 5.72. The van der Waals surface area contributed by atoms with E-state index in [-0.39, 0.29) is 16.8 Å². The largest absolute Gasteiger partial charge is 0.336 e. The molecule has 6 heteroatoms. The van der Waals surface area contributed by atoms with Crippen LogP contribution in [0, 0.1) is 11.8 Å². The van der Waals surface area contributed by atoms with Crippen molar-refractivity contribution in [1.29, 1.82) is 0 Å². The number of amides is 1. The van der Waals surface area contributed by atoms with Crippen molar-refractivity contribution < 1.29 is 13.2 Å². The van der Waals surface area contributed by atoms with Crippen molar-refractivity contribution in [3.05, 3.63) is 29.8 Å². The van der Waals surface area contributed by atoms with Gasteiger partial charge in [0.25, 0.3) is 5.91 Å². The first-order valence-electron chi connectivity index (χ1n) is 9.70. The quantitative estimate of drug-likeness (QED) is 0.763. The molecule has 1 aliphatic heterocycles. The van der Waals surface area contributed by atoms with E-state index < -0.39 is 10.0 Å². The summed E-state index contributed by atoms with van der Waals surface area (Å²) in [7, 11) is -3.47. The molecule has 0 radical (unpaired) electrons. The van der Waals surface area contributed by atoms with Crippen LogP contribution in [0.4, 0.5) is 0 Å². The number of carbonyl (C=O) groups is 1. The van der Waals surface area contributed by atoms with Gasteiger partial charge in [0, 0.05) is 31.2 Å². The minimum Gasteiger partial charge on any atom is -0.336 e. The summed E-state index contributed by atoms with van der Waals surface area (Å²) in [5, 5.41) is 0. The third-order valence-electron chi connectivity index (χ3n) is 5.52. The van der Waals surface area contributed by atoms with Gasteiger partial charge in [0.05, 0.1) is 4.90 Å². The molecule has 0 atom stereocenters. The molecule has 1 saturated heterocycles. The molecule has 0 unspecified atom stereocenters. The number of rotatable bonds is 6. The highest BCUT2D eigenvalue weighted by molar-refractivity contribution is 7.89. The van der Waals surface area contributed by atoms with Gasteiger partial charge in [-0.1, -0.05) is 6.92 Å². The first-order valence-corrected chi connectivity index (χ1v) is 11.1. The third-order valence-corrected chi connectivity index (χ3v) is 7.43. The summed E-state index contributed by atoms with van der Waals surface area (Å²) in [6.45, 7) is 8.15. The van der Waals surface area contributed by atoms with Gasteiger partial charge >= 0.3 is 0 Å². The molecule has 1 aromatic rings. The fourth-order valence-corrected chi connectivity index (χ4v) is 4.89. The Balaban J connectivity index is 1.73. The second-order valence-corrected chi connectivity index (χ2v) is 10.0. The van der Waals surface area contributed by atoms with Crippen molar-refractivity contribution in [2.75, 3.05) is 19.6 Å². The fourth-order valence-electron chi connectivity index (χ4n) is 3.42. The topological polar surface area (TPSA) is 57.7 Å². The number of hydrogen-bond donors (Lipinski definition) is 0. The fraction of sp³-hybridized carbons (Fsp3) is 0.650. The van der Waals surface area contributed by atoms with Crippen molar-refractivity contribution >= 4 is 15.9 Å². The van der Waals surface area contributed by atoms with Crippen LogP contribution in [0.1, 0.15) is 56.8 Å². The molecule has 0 N–H and O–H groups in total. The maximum absolute atomic E-state index is 12.8. The molecule has 2 aliphatic rings. The summed E-state index contributed by atoms with van der Waals surface area (Å²) in [5.41, 5.74) is 0.561. The zero-order valence-electron chi connectivity index (χ0n) is 16.0. The average Bonchev–Trinajstić information content (AvgIpc) is 3.43. The lowest BCUT2D eigenvalue weighted by Crippen LogP contribution is -2.39. The highest BCUT2D eigenvalue weighted by atomic mass is 32.2. The SMILES string of the molecule is CC1CCN(S(=O)(=O)c2ccc(C(=O)N(CC3CC3)C(C)C)cc2)CC1. The maximum Gasteiger partial charge on any atom is 0.254 e. The van der Waals surface area contributed by atoms with Crippen LogP contribution >= 0.6 is 0 Å². The van der Waals surface area contributed by atoms with Gasteiger partial charge in [0.15, 0.2) is 0 Å². The molecule has 1 heterocycles. The van der Waals surface area contributed by atoms with Crippen LogP contribution in [-0.4, -0.2) is 49.2 Å². The van der Waals surface area contributed by atoms with Crippen LogP contribution in [0.15, 0.2) is 29.2 Å². The molecule has 1 aliphatic carbocycles. The number of carbonyl (C=O) groups excluding carboxylic acids is 1. The standard InChI is InChI=1S/C20H30N2O3S/c1-15(2)22(14-17-4-5-17)20(23)18-6-8-19(9-7-18)26(24,25)21-12-10-16(3)11-13-21/h6-9,15-17H,4-5,10-14H2,1-3H3. The molecule has 2 fully saturated rings. The summed E-state index contributed by atoms with van der Waals surface area (Å²) < 4.78 is 27.2.